The maximum Gasteiger partial charge on any atom is 0.220 e. The van der Waals surface area contributed by atoms with Gasteiger partial charge >= 0.3 is 0 Å². The fraction of sp³-hybridized carbons (Fsp3) is 0.692. The molecule has 0 aliphatic rings. The Labute approximate surface area is 133 Å². The van der Waals surface area contributed by atoms with Gasteiger partial charge in [-0.3, -0.25) is 9.48 Å². The quantitative estimate of drug-likeness (QED) is 0.748. The first kappa shape index (κ1) is 21.5. The minimum absolute atomic E-state index is 0. The number of hydrogen-bond donors (Lipinski definition) is 2. The van der Waals surface area contributed by atoms with Gasteiger partial charge in [-0.25, -0.2) is 0 Å². The van der Waals surface area contributed by atoms with Crippen LogP contribution < -0.4 is 10.6 Å². The predicted molar refractivity (Wildman–Crippen MR) is 87.1 cm³/mol. The zero-order chi connectivity index (χ0) is 13.5. The van der Waals surface area contributed by atoms with Crippen LogP contribution in [0.5, 0.6) is 0 Å². The third-order valence-corrected chi connectivity index (χ3v) is 3.19. The number of hydrogen-bond acceptors (Lipinski definition) is 3. The standard InChI is InChI=1S/C13H24N4O.2ClH/c1-10-12(11(2)17(4)16-10)6-7-13(18)15-9-5-8-14-3;;/h14H,5-9H2,1-4H3,(H,15,18);2*1H. The van der Waals surface area contributed by atoms with Crippen LogP contribution in [0, 0.1) is 13.8 Å². The highest BCUT2D eigenvalue weighted by Crippen LogP contribution is 2.13. The molecule has 1 rings (SSSR count). The summed E-state index contributed by atoms with van der Waals surface area (Å²) < 4.78 is 1.87. The predicted octanol–water partition coefficient (Wildman–Crippen LogP) is 1.54. The Morgan fingerprint density at radius 2 is 1.90 bits per heavy atom. The number of rotatable bonds is 7. The van der Waals surface area contributed by atoms with Gasteiger partial charge in [0.25, 0.3) is 0 Å². The smallest absolute Gasteiger partial charge is 0.220 e. The van der Waals surface area contributed by atoms with E-state index in [9.17, 15) is 4.79 Å². The molecule has 0 atom stereocenters. The Morgan fingerprint density at radius 1 is 1.25 bits per heavy atom. The van der Waals surface area contributed by atoms with Gasteiger partial charge in [-0.15, -0.1) is 24.8 Å². The van der Waals surface area contributed by atoms with Crippen molar-refractivity contribution in [2.45, 2.75) is 33.1 Å². The van der Waals surface area contributed by atoms with Crippen LogP contribution in [0.15, 0.2) is 0 Å². The van der Waals surface area contributed by atoms with Crippen molar-refractivity contribution in [3.05, 3.63) is 17.0 Å². The summed E-state index contributed by atoms with van der Waals surface area (Å²) in [6.45, 7) is 5.71. The van der Waals surface area contributed by atoms with Gasteiger partial charge in [0.15, 0.2) is 0 Å². The van der Waals surface area contributed by atoms with E-state index < -0.39 is 0 Å². The molecular weight excluding hydrogens is 299 g/mol. The van der Waals surface area contributed by atoms with Crippen molar-refractivity contribution in [2.75, 3.05) is 20.1 Å². The average Bonchev–Trinajstić information content (AvgIpc) is 2.57. The summed E-state index contributed by atoms with van der Waals surface area (Å²) in [6, 6.07) is 0. The third-order valence-electron chi connectivity index (χ3n) is 3.19. The molecule has 0 aliphatic heterocycles. The van der Waals surface area contributed by atoms with E-state index in [4.69, 9.17) is 0 Å². The lowest BCUT2D eigenvalue weighted by atomic mass is 10.1. The normalized spacial score (nSPS) is 9.60. The zero-order valence-electron chi connectivity index (χ0n) is 12.7. The first-order chi connectivity index (χ1) is 8.56. The summed E-state index contributed by atoms with van der Waals surface area (Å²) in [7, 11) is 3.85. The summed E-state index contributed by atoms with van der Waals surface area (Å²) >= 11 is 0. The second-order valence-electron chi connectivity index (χ2n) is 4.58. The lowest BCUT2D eigenvalue weighted by Gasteiger charge is -2.05. The molecular formula is C13H26Cl2N4O. The molecule has 0 spiro atoms. The number of nitrogens with zero attached hydrogens (tertiary/aromatic N) is 2. The number of halogens is 2. The first-order valence-corrected chi connectivity index (χ1v) is 6.46. The van der Waals surface area contributed by atoms with Crippen LogP contribution in [0.1, 0.15) is 29.8 Å². The fourth-order valence-corrected chi connectivity index (χ4v) is 2.00. The summed E-state index contributed by atoms with van der Waals surface area (Å²) in [4.78, 5) is 11.7. The molecule has 0 fully saturated rings. The van der Waals surface area contributed by atoms with E-state index in [1.807, 2.05) is 32.6 Å². The fourth-order valence-electron chi connectivity index (χ4n) is 2.00. The molecule has 20 heavy (non-hydrogen) atoms. The molecule has 0 aromatic carbocycles. The minimum atomic E-state index is 0. The third kappa shape index (κ3) is 6.59. The van der Waals surface area contributed by atoms with Crippen LogP contribution in [0.2, 0.25) is 0 Å². The molecule has 118 valence electrons. The number of aryl methyl sites for hydroxylation is 2. The summed E-state index contributed by atoms with van der Waals surface area (Å²) in [6.07, 6.45) is 2.27. The van der Waals surface area contributed by atoms with Crippen molar-refractivity contribution in [1.29, 1.82) is 0 Å². The summed E-state index contributed by atoms with van der Waals surface area (Å²) in [5.74, 6) is 0.119. The molecule has 0 saturated heterocycles. The van der Waals surface area contributed by atoms with Gasteiger partial charge in [0.2, 0.25) is 5.91 Å². The van der Waals surface area contributed by atoms with Crippen molar-refractivity contribution in [1.82, 2.24) is 20.4 Å². The van der Waals surface area contributed by atoms with E-state index in [0.717, 1.165) is 37.3 Å². The summed E-state index contributed by atoms with van der Waals surface area (Å²) in [5, 5.41) is 10.3. The van der Waals surface area contributed by atoms with Crippen LogP contribution in [0.25, 0.3) is 0 Å². The van der Waals surface area contributed by atoms with E-state index in [-0.39, 0.29) is 30.7 Å². The van der Waals surface area contributed by atoms with Crippen LogP contribution in [-0.2, 0) is 18.3 Å². The molecule has 0 aliphatic carbocycles. The molecule has 0 radical (unpaired) electrons. The van der Waals surface area contributed by atoms with E-state index >= 15 is 0 Å². The van der Waals surface area contributed by atoms with E-state index in [0.29, 0.717) is 6.42 Å². The minimum Gasteiger partial charge on any atom is -0.356 e. The number of carbonyl (C=O) groups excluding carboxylic acids is 1. The molecule has 5 nitrogen and oxygen atoms in total. The molecule has 2 N–H and O–H groups in total. The van der Waals surface area contributed by atoms with Crippen molar-refractivity contribution in [3.8, 4) is 0 Å². The number of nitrogens with one attached hydrogen (secondary N) is 2. The maximum absolute atomic E-state index is 11.7. The van der Waals surface area contributed by atoms with Gasteiger partial charge in [0.05, 0.1) is 5.69 Å². The Bertz CT molecular complexity index is 407. The van der Waals surface area contributed by atoms with Gasteiger partial charge in [0, 0.05) is 25.7 Å². The molecule has 1 aromatic heterocycles. The van der Waals surface area contributed by atoms with Gasteiger partial charge in [-0.05, 0) is 45.8 Å². The average molecular weight is 325 g/mol. The van der Waals surface area contributed by atoms with Crippen LogP contribution in [0.3, 0.4) is 0 Å². The Hall–Kier alpha value is -0.780. The number of carbonyl (C=O) groups is 1. The Morgan fingerprint density at radius 3 is 2.40 bits per heavy atom. The molecule has 1 amide bonds. The van der Waals surface area contributed by atoms with Gasteiger partial charge in [-0.2, -0.15) is 5.10 Å². The van der Waals surface area contributed by atoms with Gasteiger partial charge in [0.1, 0.15) is 0 Å². The molecule has 1 heterocycles. The zero-order valence-corrected chi connectivity index (χ0v) is 14.3. The lowest BCUT2D eigenvalue weighted by molar-refractivity contribution is -0.121. The monoisotopic (exact) mass is 324 g/mol. The van der Waals surface area contributed by atoms with Crippen LogP contribution in [-0.4, -0.2) is 35.8 Å². The van der Waals surface area contributed by atoms with Crippen LogP contribution in [0.4, 0.5) is 0 Å². The van der Waals surface area contributed by atoms with Crippen molar-refractivity contribution in [2.24, 2.45) is 7.05 Å². The molecule has 0 saturated carbocycles. The van der Waals surface area contributed by atoms with Crippen molar-refractivity contribution >= 4 is 30.7 Å². The molecule has 7 heteroatoms. The highest BCUT2D eigenvalue weighted by Gasteiger charge is 2.10. The topological polar surface area (TPSA) is 58.9 Å². The van der Waals surface area contributed by atoms with Gasteiger partial charge in [-0.1, -0.05) is 0 Å². The molecule has 0 unspecified atom stereocenters. The van der Waals surface area contributed by atoms with Gasteiger partial charge < -0.3 is 10.6 Å². The number of aromatic nitrogens is 2. The Balaban J connectivity index is 0. The maximum atomic E-state index is 11.7. The van der Waals surface area contributed by atoms with E-state index in [1.54, 1.807) is 0 Å². The number of amides is 1. The van der Waals surface area contributed by atoms with E-state index in [1.165, 1.54) is 5.56 Å². The second kappa shape index (κ2) is 10.9. The SMILES string of the molecule is CNCCCNC(=O)CCc1c(C)nn(C)c1C.Cl.Cl. The van der Waals surface area contributed by atoms with Crippen molar-refractivity contribution < 1.29 is 4.79 Å². The molecule has 1 aromatic rings. The highest BCUT2D eigenvalue weighted by molar-refractivity contribution is 5.85. The van der Waals surface area contributed by atoms with Crippen molar-refractivity contribution in [3.63, 3.8) is 0 Å². The largest absolute Gasteiger partial charge is 0.356 e. The Kier molecular flexibility index (Phi) is 11.8. The molecule has 0 bridgehead atoms. The second-order valence-corrected chi connectivity index (χ2v) is 4.58. The lowest BCUT2D eigenvalue weighted by Crippen LogP contribution is -2.26. The van der Waals surface area contributed by atoms with Crippen LogP contribution >= 0.6 is 24.8 Å². The highest BCUT2D eigenvalue weighted by atomic mass is 35.5. The summed E-state index contributed by atoms with van der Waals surface area (Å²) in [5.41, 5.74) is 3.37. The first-order valence-electron chi connectivity index (χ1n) is 6.46. The van der Waals surface area contributed by atoms with E-state index in [2.05, 4.69) is 15.7 Å².